The number of nitro groups is 1. The first-order valence-electron chi connectivity index (χ1n) is 8.44. The summed E-state index contributed by atoms with van der Waals surface area (Å²) in [5.41, 5.74) is 0.671. The zero-order valence-corrected chi connectivity index (χ0v) is 14.2. The molecule has 0 spiro atoms. The molecule has 3 rings (SSSR count). The normalized spacial score (nSPS) is 21.2. The zero-order chi connectivity index (χ0) is 18.0. The van der Waals surface area contributed by atoms with Crippen molar-refractivity contribution in [2.75, 3.05) is 44.7 Å². The third-order valence-corrected chi connectivity index (χ3v) is 5.06. The van der Waals surface area contributed by atoms with Crippen molar-refractivity contribution in [2.45, 2.75) is 18.9 Å². The summed E-state index contributed by atoms with van der Waals surface area (Å²) < 4.78 is 0. The van der Waals surface area contributed by atoms with Gasteiger partial charge in [0.05, 0.1) is 11.0 Å². The SMILES string of the molecule is CN1CCC[C@@H]1C(=O)N1CCN(c2ccc([N+](=O)[O-])c(C#N)c2)CC1. The molecule has 0 radical (unpaired) electrons. The fraction of sp³-hybridized carbons (Fsp3) is 0.529. The Morgan fingerprint density at radius 2 is 2.00 bits per heavy atom. The molecule has 2 heterocycles. The van der Waals surface area contributed by atoms with Crippen LogP contribution in [0.1, 0.15) is 18.4 Å². The van der Waals surface area contributed by atoms with Crippen LogP contribution in [0.25, 0.3) is 0 Å². The van der Waals surface area contributed by atoms with Crippen molar-refractivity contribution < 1.29 is 9.72 Å². The summed E-state index contributed by atoms with van der Waals surface area (Å²) in [6, 6.07) is 6.48. The first-order chi connectivity index (χ1) is 12.0. The van der Waals surface area contributed by atoms with Gasteiger partial charge >= 0.3 is 0 Å². The van der Waals surface area contributed by atoms with Gasteiger partial charge in [-0.05, 0) is 38.6 Å². The smallest absolute Gasteiger partial charge is 0.287 e. The molecule has 0 N–H and O–H groups in total. The molecule has 1 aromatic carbocycles. The summed E-state index contributed by atoms with van der Waals surface area (Å²) in [4.78, 5) is 29.1. The number of nitro benzene ring substituents is 1. The molecule has 8 nitrogen and oxygen atoms in total. The van der Waals surface area contributed by atoms with Crippen LogP contribution in [0, 0.1) is 21.4 Å². The van der Waals surface area contributed by atoms with Crippen LogP contribution in [0.3, 0.4) is 0 Å². The Kier molecular flexibility index (Phi) is 4.86. The molecule has 0 bridgehead atoms. The van der Waals surface area contributed by atoms with E-state index < -0.39 is 4.92 Å². The van der Waals surface area contributed by atoms with Crippen molar-refractivity contribution >= 4 is 17.3 Å². The van der Waals surface area contributed by atoms with E-state index in [0.717, 1.165) is 25.1 Å². The molecule has 1 atom stereocenters. The molecule has 2 fully saturated rings. The second-order valence-electron chi connectivity index (χ2n) is 6.52. The van der Waals surface area contributed by atoms with Crippen molar-refractivity contribution in [1.82, 2.24) is 9.80 Å². The average molecular weight is 343 g/mol. The largest absolute Gasteiger partial charge is 0.368 e. The molecule has 2 aliphatic heterocycles. The maximum atomic E-state index is 12.6. The van der Waals surface area contributed by atoms with Gasteiger partial charge in [-0.2, -0.15) is 5.26 Å². The Hall–Kier alpha value is -2.66. The van der Waals surface area contributed by atoms with Crippen LogP contribution >= 0.6 is 0 Å². The summed E-state index contributed by atoms with van der Waals surface area (Å²) in [5.74, 6) is 0.195. The van der Waals surface area contributed by atoms with Crippen LogP contribution in [0.4, 0.5) is 11.4 Å². The Labute approximate surface area is 146 Å². The number of piperazine rings is 1. The molecule has 132 valence electrons. The second-order valence-corrected chi connectivity index (χ2v) is 6.52. The summed E-state index contributed by atoms with van der Waals surface area (Å²) in [5, 5.41) is 20.1. The first kappa shape index (κ1) is 17.2. The van der Waals surface area contributed by atoms with Gasteiger partial charge in [-0.25, -0.2) is 0 Å². The van der Waals surface area contributed by atoms with E-state index in [1.165, 1.54) is 6.07 Å². The monoisotopic (exact) mass is 343 g/mol. The van der Waals surface area contributed by atoms with Crippen molar-refractivity contribution in [1.29, 1.82) is 5.26 Å². The van der Waals surface area contributed by atoms with E-state index >= 15 is 0 Å². The summed E-state index contributed by atoms with van der Waals surface area (Å²) in [7, 11) is 1.99. The molecule has 2 aliphatic rings. The molecule has 1 amide bonds. The van der Waals surface area contributed by atoms with Gasteiger partial charge in [0.1, 0.15) is 11.6 Å². The highest BCUT2D eigenvalue weighted by atomic mass is 16.6. The fourth-order valence-corrected chi connectivity index (χ4v) is 3.59. The summed E-state index contributed by atoms with van der Waals surface area (Å²) in [6.45, 7) is 3.54. The zero-order valence-electron chi connectivity index (χ0n) is 14.2. The Balaban J connectivity index is 1.65. The number of likely N-dealkylation sites (N-methyl/N-ethyl adjacent to an activating group) is 1. The minimum absolute atomic E-state index is 0.00360. The number of carbonyl (C=O) groups excluding carboxylic acids is 1. The van der Waals surface area contributed by atoms with Crippen LogP contribution < -0.4 is 4.90 Å². The maximum Gasteiger partial charge on any atom is 0.287 e. The van der Waals surface area contributed by atoms with Gasteiger partial charge in [-0.3, -0.25) is 19.8 Å². The standard InChI is InChI=1S/C17H21N5O3/c1-19-6-2-3-16(19)17(23)21-9-7-20(8-10-21)14-4-5-15(22(24)25)13(11-14)12-18/h4-5,11,16H,2-3,6-10H2,1H3/t16-/m1/s1. The lowest BCUT2D eigenvalue weighted by atomic mass is 10.1. The topological polar surface area (TPSA) is 93.7 Å². The van der Waals surface area contributed by atoms with Crippen molar-refractivity contribution in [3.05, 3.63) is 33.9 Å². The maximum absolute atomic E-state index is 12.6. The molecule has 2 saturated heterocycles. The lowest BCUT2D eigenvalue weighted by Gasteiger charge is -2.38. The van der Waals surface area contributed by atoms with E-state index in [-0.39, 0.29) is 23.2 Å². The van der Waals surface area contributed by atoms with Gasteiger partial charge in [0.2, 0.25) is 5.91 Å². The van der Waals surface area contributed by atoms with E-state index in [9.17, 15) is 14.9 Å². The quantitative estimate of drug-likeness (QED) is 0.605. The van der Waals surface area contributed by atoms with Crippen molar-refractivity contribution in [3.8, 4) is 6.07 Å². The van der Waals surface area contributed by atoms with Gasteiger partial charge < -0.3 is 9.80 Å². The lowest BCUT2D eigenvalue weighted by Crippen LogP contribution is -2.53. The average Bonchev–Trinajstić information content (AvgIpc) is 3.06. The van der Waals surface area contributed by atoms with E-state index in [1.54, 1.807) is 12.1 Å². The summed E-state index contributed by atoms with van der Waals surface area (Å²) >= 11 is 0. The number of carbonyl (C=O) groups is 1. The van der Waals surface area contributed by atoms with Crippen LogP contribution in [-0.2, 0) is 4.79 Å². The van der Waals surface area contributed by atoms with Crippen LogP contribution in [0.15, 0.2) is 18.2 Å². The highest BCUT2D eigenvalue weighted by molar-refractivity contribution is 5.82. The molecule has 0 aliphatic carbocycles. The van der Waals surface area contributed by atoms with Gasteiger partial charge in [0.25, 0.3) is 5.69 Å². The molecular formula is C17H21N5O3. The predicted molar refractivity (Wildman–Crippen MR) is 92.3 cm³/mol. The van der Waals surface area contributed by atoms with Crippen LogP contribution in [0.2, 0.25) is 0 Å². The number of amides is 1. The Bertz CT molecular complexity index is 721. The van der Waals surface area contributed by atoms with E-state index in [2.05, 4.69) is 9.80 Å². The third kappa shape index (κ3) is 3.42. The number of nitriles is 1. The minimum Gasteiger partial charge on any atom is -0.368 e. The van der Waals surface area contributed by atoms with E-state index in [0.29, 0.717) is 26.2 Å². The predicted octanol–water partition coefficient (Wildman–Crippen LogP) is 1.21. The Morgan fingerprint density at radius 1 is 1.28 bits per heavy atom. The Morgan fingerprint density at radius 3 is 2.56 bits per heavy atom. The number of hydrogen-bond donors (Lipinski definition) is 0. The highest BCUT2D eigenvalue weighted by Crippen LogP contribution is 2.26. The number of rotatable bonds is 3. The number of likely N-dealkylation sites (tertiary alicyclic amines) is 1. The van der Waals surface area contributed by atoms with E-state index in [1.807, 2.05) is 18.0 Å². The molecule has 8 heteroatoms. The molecule has 0 aromatic heterocycles. The van der Waals surface area contributed by atoms with Gasteiger partial charge in [0.15, 0.2) is 0 Å². The fourth-order valence-electron chi connectivity index (χ4n) is 3.59. The van der Waals surface area contributed by atoms with E-state index in [4.69, 9.17) is 5.26 Å². The second kappa shape index (κ2) is 7.07. The van der Waals surface area contributed by atoms with Crippen LogP contribution in [-0.4, -0.2) is 66.4 Å². The molecule has 25 heavy (non-hydrogen) atoms. The summed E-state index contributed by atoms with van der Waals surface area (Å²) in [6.07, 6.45) is 1.98. The van der Waals surface area contributed by atoms with Crippen LogP contribution in [0.5, 0.6) is 0 Å². The number of nitrogens with zero attached hydrogens (tertiary/aromatic N) is 5. The van der Waals surface area contributed by atoms with Gasteiger partial charge in [-0.1, -0.05) is 0 Å². The molecule has 0 saturated carbocycles. The molecular weight excluding hydrogens is 322 g/mol. The van der Waals surface area contributed by atoms with Crippen molar-refractivity contribution in [2.24, 2.45) is 0 Å². The highest BCUT2D eigenvalue weighted by Gasteiger charge is 2.33. The molecule has 1 aromatic rings. The molecule has 0 unspecified atom stereocenters. The lowest BCUT2D eigenvalue weighted by molar-refractivity contribution is -0.385. The number of anilines is 1. The first-order valence-corrected chi connectivity index (χ1v) is 8.44. The number of hydrogen-bond acceptors (Lipinski definition) is 6. The number of benzene rings is 1. The van der Waals surface area contributed by atoms with Crippen molar-refractivity contribution in [3.63, 3.8) is 0 Å². The van der Waals surface area contributed by atoms with Gasteiger partial charge in [-0.15, -0.1) is 0 Å². The third-order valence-electron chi connectivity index (χ3n) is 5.06. The van der Waals surface area contributed by atoms with Gasteiger partial charge in [0, 0.05) is 37.9 Å². The minimum atomic E-state index is -0.545.